The average Bonchev–Trinajstić information content (AvgIpc) is 2.88. The molecule has 6 nitrogen and oxygen atoms in total. The van der Waals surface area contributed by atoms with Crippen molar-refractivity contribution in [1.82, 2.24) is 0 Å². The lowest BCUT2D eigenvalue weighted by Gasteiger charge is -2.74. The minimum absolute atomic E-state index is 0.00890. The van der Waals surface area contributed by atoms with Gasteiger partial charge in [-0.1, -0.05) is 67.0 Å². The van der Waals surface area contributed by atoms with Crippen molar-refractivity contribution < 1.29 is 29.3 Å². The lowest BCUT2D eigenvalue weighted by Crippen LogP contribution is -2.73. The highest BCUT2D eigenvalue weighted by Gasteiger charge is 2.75. The monoisotopic (exact) mass is 570 g/mol. The first kappa shape index (κ1) is 29.7. The lowest BCUT2D eigenvalue weighted by atomic mass is 9.32. The molecule has 230 valence electrons. The fourth-order valence-electron chi connectivity index (χ4n) is 11.8. The Morgan fingerprint density at radius 1 is 1.02 bits per heavy atom. The number of rotatable bonds is 4. The number of hydrogen-bond donors (Lipinski definition) is 2. The second-order valence-electron chi connectivity index (χ2n) is 17.0. The summed E-state index contributed by atoms with van der Waals surface area (Å²) in [6.07, 6.45) is 10.0. The SMILES string of the molecule is CC[C@@H](C)C(=O)O[C@@H]1CC(C)(C)C[C@H]2C3=CC[C@@H]4[C@]56CC[C@](O)(OC5)C(C)(C)[C@@H]6CC[C@@]4(C)[C@]3(C)CC[C@@]12C(=O)O. The third-order valence-corrected chi connectivity index (χ3v) is 14.7. The number of allylic oxidation sites excluding steroid dienone is 2. The van der Waals surface area contributed by atoms with Gasteiger partial charge in [-0.3, -0.25) is 9.59 Å². The Morgan fingerprint density at radius 3 is 2.34 bits per heavy atom. The lowest BCUT2D eigenvalue weighted by molar-refractivity contribution is -0.395. The van der Waals surface area contributed by atoms with Gasteiger partial charge in [0.1, 0.15) is 11.5 Å². The number of carboxylic acids is 1. The number of aliphatic hydroxyl groups is 1. The van der Waals surface area contributed by atoms with Crippen LogP contribution in [0.5, 0.6) is 0 Å². The standard InChI is InChI=1S/C35H54O6/c1-9-21(2)27(36)41-26-19-29(3,4)18-23-22-10-11-25-32(8,31(22,7)14-16-34(23,26)28(37)38)13-12-24-30(5,6)35(39)17-15-33(24,25)20-40-35/h10,21,23-26,39H,9,11-20H2,1-8H3,(H,37,38)/t21-,23+,24+,25+,26-,31-,32-,33-,34+,35+/m1/s1. The van der Waals surface area contributed by atoms with Gasteiger partial charge < -0.3 is 19.7 Å². The summed E-state index contributed by atoms with van der Waals surface area (Å²) in [6.45, 7) is 18.3. The Labute approximate surface area is 247 Å². The van der Waals surface area contributed by atoms with Crippen molar-refractivity contribution in [2.75, 3.05) is 6.61 Å². The molecule has 0 unspecified atom stereocenters. The van der Waals surface area contributed by atoms with Crippen molar-refractivity contribution in [1.29, 1.82) is 0 Å². The molecule has 1 spiro atoms. The first-order valence-corrected chi connectivity index (χ1v) is 16.4. The predicted octanol–water partition coefficient (Wildman–Crippen LogP) is 7.14. The molecule has 5 aliphatic carbocycles. The molecule has 0 aromatic heterocycles. The molecule has 2 bridgehead atoms. The first-order valence-electron chi connectivity index (χ1n) is 16.4. The fourth-order valence-corrected chi connectivity index (χ4v) is 11.8. The van der Waals surface area contributed by atoms with Gasteiger partial charge in [0.15, 0.2) is 5.79 Å². The van der Waals surface area contributed by atoms with Crippen molar-refractivity contribution in [3.63, 3.8) is 0 Å². The van der Waals surface area contributed by atoms with E-state index in [1.54, 1.807) is 0 Å². The van der Waals surface area contributed by atoms with Crippen LogP contribution in [0.2, 0.25) is 0 Å². The molecule has 0 aromatic carbocycles. The number of fused-ring (bicyclic) bond motifs is 7. The Kier molecular flexibility index (Phi) is 6.39. The molecule has 10 atom stereocenters. The molecule has 2 N–H and O–H groups in total. The first-order chi connectivity index (χ1) is 18.9. The van der Waals surface area contributed by atoms with E-state index in [0.717, 1.165) is 38.5 Å². The van der Waals surface area contributed by atoms with Gasteiger partial charge >= 0.3 is 11.9 Å². The maximum atomic E-state index is 13.4. The molecule has 7 rings (SSSR count). The fraction of sp³-hybridized carbons (Fsp3) is 0.886. The van der Waals surface area contributed by atoms with E-state index in [9.17, 15) is 19.8 Å². The van der Waals surface area contributed by atoms with E-state index in [-0.39, 0.29) is 44.9 Å². The van der Waals surface area contributed by atoms with Crippen molar-refractivity contribution in [2.24, 2.45) is 56.2 Å². The Bertz CT molecular complexity index is 1160. The van der Waals surface area contributed by atoms with E-state index in [1.165, 1.54) is 5.57 Å². The van der Waals surface area contributed by atoms with E-state index in [1.807, 2.05) is 13.8 Å². The second-order valence-corrected chi connectivity index (χ2v) is 17.0. The maximum Gasteiger partial charge on any atom is 0.314 e. The number of esters is 1. The van der Waals surface area contributed by atoms with E-state index >= 15 is 0 Å². The molecular weight excluding hydrogens is 516 g/mol. The number of ether oxygens (including phenoxy) is 2. The summed E-state index contributed by atoms with van der Waals surface area (Å²) in [7, 11) is 0. The molecule has 6 heteroatoms. The number of aliphatic carboxylic acids is 1. The van der Waals surface area contributed by atoms with Gasteiger partial charge in [-0.2, -0.15) is 0 Å². The third kappa shape index (κ3) is 3.56. The molecule has 0 amide bonds. The Morgan fingerprint density at radius 2 is 1.73 bits per heavy atom. The highest BCUT2D eigenvalue weighted by Crippen LogP contribution is 2.78. The zero-order valence-corrected chi connectivity index (χ0v) is 26.8. The Balaban J connectivity index is 1.43. The highest BCUT2D eigenvalue weighted by molar-refractivity contribution is 5.79. The van der Waals surface area contributed by atoms with Crippen molar-refractivity contribution in [3.8, 4) is 0 Å². The van der Waals surface area contributed by atoms with Crippen LogP contribution >= 0.6 is 0 Å². The molecule has 2 heterocycles. The molecule has 0 aromatic rings. The van der Waals surface area contributed by atoms with Crippen LogP contribution < -0.4 is 0 Å². The average molecular weight is 571 g/mol. The van der Waals surface area contributed by atoms with E-state index < -0.39 is 23.3 Å². The number of hydrogen-bond acceptors (Lipinski definition) is 5. The summed E-state index contributed by atoms with van der Waals surface area (Å²) in [5.74, 6) is -1.64. The summed E-state index contributed by atoms with van der Waals surface area (Å²) < 4.78 is 12.6. The minimum Gasteiger partial charge on any atom is -0.481 e. The zero-order chi connectivity index (χ0) is 30.0. The summed E-state index contributed by atoms with van der Waals surface area (Å²) in [5.41, 5.74) is -0.275. The summed E-state index contributed by atoms with van der Waals surface area (Å²) in [6, 6.07) is 0. The molecule has 6 fully saturated rings. The number of carbonyl (C=O) groups is 2. The van der Waals surface area contributed by atoms with Crippen LogP contribution in [0.4, 0.5) is 0 Å². The van der Waals surface area contributed by atoms with Gasteiger partial charge in [0.2, 0.25) is 0 Å². The minimum atomic E-state index is -1.08. The Hall–Kier alpha value is -1.40. The quantitative estimate of drug-likeness (QED) is 0.276. The summed E-state index contributed by atoms with van der Waals surface area (Å²) in [4.78, 5) is 26.5. The van der Waals surface area contributed by atoms with E-state index in [4.69, 9.17) is 9.47 Å². The van der Waals surface area contributed by atoms with Crippen LogP contribution in [0.25, 0.3) is 0 Å². The third-order valence-electron chi connectivity index (χ3n) is 14.7. The molecule has 7 aliphatic rings. The van der Waals surface area contributed by atoms with Gasteiger partial charge in [0.25, 0.3) is 0 Å². The number of carbonyl (C=O) groups excluding carboxylic acids is 1. The second kappa shape index (κ2) is 8.83. The largest absolute Gasteiger partial charge is 0.481 e. The molecule has 2 saturated heterocycles. The zero-order valence-electron chi connectivity index (χ0n) is 26.8. The van der Waals surface area contributed by atoms with Crippen LogP contribution in [-0.2, 0) is 19.1 Å². The molecule has 4 saturated carbocycles. The summed E-state index contributed by atoms with van der Waals surface area (Å²) in [5, 5.41) is 22.5. The predicted molar refractivity (Wildman–Crippen MR) is 157 cm³/mol. The van der Waals surface area contributed by atoms with Crippen LogP contribution in [0, 0.1) is 56.2 Å². The van der Waals surface area contributed by atoms with Crippen molar-refractivity contribution in [2.45, 2.75) is 131 Å². The maximum absolute atomic E-state index is 13.4. The molecule has 2 aliphatic heterocycles. The van der Waals surface area contributed by atoms with E-state index in [2.05, 4.69) is 47.6 Å². The van der Waals surface area contributed by atoms with Crippen LogP contribution in [0.1, 0.15) is 120 Å². The number of carboxylic acid groups (broad SMARTS) is 1. The summed E-state index contributed by atoms with van der Waals surface area (Å²) >= 11 is 0. The van der Waals surface area contributed by atoms with Crippen LogP contribution in [-0.4, -0.2) is 40.6 Å². The van der Waals surface area contributed by atoms with Crippen molar-refractivity contribution in [3.05, 3.63) is 11.6 Å². The van der Waals surface area contributed by atoms with Crippen LogP contribution in [0.3, 0.4) is 0 Å². The van der Waals surface area contributed by atoms with Gasteiger partial charge in [0, 0.05) is 23.2 Å². The topological polar surface area (TPSA) is 93.1 Å². The smallest absolute Gasteiger partial charge is 0.314 e. The van der Waals surface area contributed by atoms with Crippen molar-refractivity contribution >= 4 is 11.9 Å². The van der Waals surface area contributed by atoms with E-state index in [0.29, 0.717) is 44.1 Å². The van der Waals surface area contributed by atoms with Gasteiger partial charge in [0.05, 0.1) is 12.5 Å². The normalized spacial score (nSPS) is 49.8. The van der Waals surface area contributed by atoms with Crippen LogP contribution in [0.15, 0.2) is 11.6 Å². The van der Waals surface area contributed by atoms with Gasteiger partial charge in [-0.25, -0.2) is 0 Å². The molecule has 0 radical (unpaired) electrons. The van der Waals surface area contributed by atoms with Gasteiger partial charge in [-0.15, -0.1) is 0 Å². The van der Waals surface area contributed by atoms with Gasteiger partial charge in [-0.05, 0) is 85.9 Å². The molecular formula is C35H54O6. The highest BCUT2D eigenvalue weighted by atomic mass is 16.6. The molecule has 41 heavy (non-hydrogen) atoms.